The van der Waals surface area contributed by atoms with Crippen LogP contribution in [0.5, 0.6) is 0 Å². The average Bonchev–Trinajstić information content (AvgIpc) is 2.36. The van der Waals surface area contributed by atoms with E-state index in [1.54, 1.807) is 0 Å². The monoisotopic (exact) mass is 335 g/mol. The Morgan fingerprint density at radius 3 is 1.86 bits per heavy atom. The molecule has 0 aromatic heterocycles. The molecular formula is C11H8F7NO3. The largest absolute Gasteiger partial charge is 0.459 e. The van der Waals surface area contributed by atoms with Crippen LogP contribution in [-0.4, -0.2) is 28.1 Å². The molecule has 0 radical (unpaired) electrons. The van der Waals surface area contributed by atoms with Crippen molar-refractivity contribution in [2.24, 2.45) is 0 Å². The van der Waals surface area contributed by atoms with Gasteiger partial charge in [-0.15, -0.1) is 0 Å². The Morgan fingerprint density at radius 2 is 1.50 bits per heavy atom. The molecule has 0 amide bonds. The zero-order valence-corrected chi connectivity index (χ0v) is 10.5. The van der Waals surface area contributed by atoms with Gasteiger partial charge in [-0.3, -0.25) is 10.1 Å². The Hall–Kier alpha value is -1.91. The number of aliphatic hydroxyl groups excluding tert-OH is 1. The lowest BCUT2D eigenvalue weighted by Crippen LogP contribution is -2.52. The van der Waals surface area contributed by atoms with E-state index in [0.717, 1.165) is 24.3 Å². The Labute approximate surface area is 118 Å². The first-order chi connectivity index (χ1) is 9.79. The van der Waals surface area contributed by atoms with E-state index < -0.39 is 46.7 Å². The molecule has 0 saturated heterocycles. The maximum Gasteiger partial charge on any atom is 0.459 e. The van der Waals surface area contributed by atoms with Crippen LogP contribution >= 0.6 is 0 Å². The predicted molar refractivity (Wildman–Crippen MR) is 58.6 cm³/mol. The standard InChI is InChI=1S/C11H8F7NO3/c12-9(13,10(14,15)11(16,17)18)5-8(20)6-1-3-7(4-2-6)19(21)22/h1-4,8,20H,5H2. The minimum atomic E-state index is -6.48. The molecule has 1 unspecified atom stereocenters. The number of nitro benzene ring substituents is 1. The Balaban J connectivity index is 2.95. The van der Waals surface area contributed by atoms with Crippen LogP contribution in [0, 0.1) is 10.1 Å². The summed E-state index contributed by atoms with van der Waals surface area (Å²) in [6.07, 6.45) is -11.0. The number of rotatable bonds is 5. The lowest BCUT2D eigenvalue weighted by atomic mass is 9.98. The van der Waals surface area contributed by atoms with Crippen molar-refractivity contribution in [3.8, 4) is 0 Å². The van der Waals surface area contributed by atoms with Crippen LogP contribution in [0.2, 0.25) is 0 Å². The minimum Gasteiger partial charge on any atom is -0.388 e. The number of aliphatic hydroxyl groups is 1. The van der Waals surface area contributed by atoms with Crippen molar-refractivity contribution in [1.29, 1.82) is 0 Å². The summed E-state index contributed by atoms with van der Waals surface area (Å²) in [6, 6.07) is 3.15. The summed E-state index contributed by atoms with van der Waals surface area (Å²) in [5.41, 5.74) is -0.924. The summed E-state index contributed by atoms with van der Waals surface area (Å²) >= 11 is 0. The maximum absolute atomic E-state index is 13.1. The quantitative estimate of drug-likeness (QED) is 0.505. The fourth-order valence-electron chi connectivity index (χ4n) is 1.51. The van der Waals surface area contributed by atoms with Gasteiger partial charge in [0.25, 0.3) is 5.69 Å². The van der Waals surface area contributed by atoms with Crippen LogP contribution in [0.3, 0.4) is 0 Å². The molecule has 1 rings (SSSR count). The van der Waals surface area contributed by atoms with Crippen molar-refractivity contribution in [3.05, 3.63) is 39.9 Å². The van der Waals surface area contributed by atoms with Gasteiger partial charge in [-0.1, -0.05) is 0 Å². The molecular weight excluding hydrogens is 327 g/mol. The number of nitro groups is 1. The second-order valence-electron chi connectivity index (χ2n) is 4.35. The molecule has 0 bridgehead atoms. The SMILES string of the molecule is O=[N+]([O-])c1ccc(C(O)CC(F)(F)C(F)(F)C(F)(F)F)cc1. The summed E-state index contributed by atoms with van der Waals surface area (Å²) in [5, 5.41) is 19.7. The molecule has 1 aromatic rings. The fraction of sp³-hybridized carbons (Fsp3) is 0.455. The normalized spacial score (nSPS) is 14.7. The van der Waals surface area contributed by atoms with Gasteiger partial charge in [0.15, 0.2) is 0 Å². The summed E-state index contributed by atoms with van der Waals surface area (Å²) in [4.78, 5) is 9.51. The van der Waals surface area contributed by atoms with E-state index in [0.29, 0.717) is 0 Å². The van der Waals surface area contributed by atoms with Crippen LogP contribution < -0.4 is 0 Å². The Bertz CT molecular complexity index is 542. The molecule has 0 aliphatic carbocycles. The first kappa shape index (κ1) is 18.1. The van der Waals surface area contributed by atoms with E-state index >= 15 is 0 Å². The van der Waals surface area contributed by atoms with Gasteiger partial charge < -0.3 is 5.11 Å². The fourth-order valence-corrected chi connectivity index (χ4v) is 1.51. The molecule has 0 spiro atoms. The highest BCUT2D eigenvalue weighted by atomic mass is 19.4. The molecule has 22 heavy (non-hydrogen) atoms. The molecule has 0 aliphatic rings. The van der Waals surface area contributed by atoms with E-state index in [-0.39, 0.29) is 0 Å². The zero-order valence-electron chi connectivity index (χ0n) is 10.5. The third-order valence-corrected chi connectivity index (χ3v) is 2.75. The van der Waals surface area contributed by atoms with E-state index in [1.807, 2.05) is 0 Å². The number of hydrogen-bond donors (Lipinski definition) is 1. The van der Waals surface area contributed by atoms with Gasteiger partial charge in [0.05, 0.1) is 11.0 Å². The second kappa shape index (κ2) is 5.71. The molecule has 11 heteroatoms. The second-order valence-corrected chi connectivity index (χ2v) is 4.35. The third kappa shape index (κ3) is 3.46. The molecule has 1 aromatic carbocycles. The van der Waals surface area contributed by atoms with E-state index in [1.165, 1.54) is 0 Å². The van der Waals surface area contributed by atoms with Gasteiger partial charge in [-0.05, 0) is 17.7 Å². The van der Waals surface area contributed by atoms with E-state index in [2.05, 4.69) is 0 Å². The van der Waals surface area contributed by atoms with Crippen molar-refractivity contribution in [3.63, 3.8) is 0 Å². The van der Waals surface area contributed by atoms with Crippen molar-refractivity contribution in [1.82, 2.24) is 0 Å². The zero-order chi connectivity index (χ0) is 17.3. The number of nitrogens with zero attached hydrogens (tertiary/aromatic N) is 1. The number of benzene rings is 1. The van der Waals surface area contributed by atoms with Crippen molar-refractivity contribution >= 4 is 5.69 Å². The average molecular weight is 335 g/mol. The molecule has 1 atom stereocenters. The van der Waals surface area contributed by atoms with Gasteiger partial charge in [-0.2, -0.15) is 30.7 Å². The summed E-state index contributed by atoms with van der Waals surface area (Å²) in [5.74, 6) is -11.9. The number of hydrogen-bond acceptors (Lipinski definition) is 3. The molecule has 0 saturated carbocycles. The molecule has 0 fully saturated rings. The van der Waals surface area contributed by atoms with Gasteiger partial charge in [-0.25, -0.2) is 0 Å². The highest BCUT2D eigenvalue weighted by Gasteiger charge is 2.72. The minimum absolute atomic E-state index is 0.455. The van der Waals surface area contributed by atoms with Gasteiger partial charge in [0.1, 0.15) is 0 Å². The van der Waals surface area contributed by atoms with Gasteiger partial charge in [0.2, 0.25) is 0 Å². The lowest BCUT2D eigenvalue weighted by Gasteiger charge is -2.29. The van der Waals surface area contributed by atoms with Crippen LogP contribution in [0.25, 0.3) is 0 Å². The van der Waals surface area contributed by atoms with Crippen LogP contribution in [-0.2, 0) is 0 Å². The predicted octanol–water partition coefficient (Wildman–Crippen LogP) is 3.85. The van der Waals surface area contributed by atoms with Gasteiger partial charge >= 0.3 is 18.0 Å². The van der Waals surface area contributed by atoms with Crippen molar-refractivity contribution < 1.29 is 40.8 Å². The first-order valence-electron chi connectivity index (χ1n) is 5.54. The van der Waals surface area contributed by atoms with Crippen LogP contribution in [0.4, 0.5) is 36.4 Å². The maximum atomic E-state index is 13.1. The molecule has 0 aliphatic heterocycles. The summed E-state index contributed by atoms with van der Waals surface area (Å²) in [7, 11) is 0. The van der Waals surface area contributed by atoms with E-state index in [9.17, 15) is 46.0 Å². The Kier molecular flexibility index (Phi) is 4.70. The smallest absolute Gasteiger partial charge is 0.388 e. The summed E-state index contributed by atoms with van der Waals surface area (Å²) in [6.45, 7) is 0. The Morgan fingerprint density at radius 1 is 1.05 bits per heavy atom. The van der Waals surface area contributed by atoms with Crippen molar-refractivity contribution in [2.75, 3.05) is 0 Å². The molecule has 0 heterocycles. The van der Waals surface area contributed by atoms with E-state index in [4.69, 9.17) is 0 Å². The highest BCUT2D eigenvalue weighted by molar-refractivity contribution is 5.33. The number of halogens is 7. The molecule has 4 nitrogen and oxygen atoms in total. The molecule has 1 N–H and O–H groups in total. The number of non-ortho nitro benzene ring substituents is 1. The highest BCUT2D eigenvalue weighted by Crippen LogP contribution is 2.49. The van der Waals surface area contributed by atoms with Gasteiger partial charge in [0, 0.05) is 18.6 Å². The third-order valence-electron chi connectivity index (χ3n) is 2.75. The van der Waals surface area contributed by atoms with Crippen molar-refractivity contribution in [2.45, 2.75) is 30.5 Å². The topological polar surface area (TPSA) is 63.4 Å². The molecule has 124 valence electrons. The van der Waals surface area contributed by atoms with Crippen LogP contribution in [0.15, 0.2) is 24.3 Å². The summed E-state index contributed by atoms with van der Waals surface area (Å²) < 4.78 is 87.4. The van der Waals surface area contributed by atoms with Crippen LogP contribution in [0.1, 0.15) is 18.1 Å². The lowest BCUT2D eigenvalue weighted by molar-refractivity contribution is -0.384. The first-order valence-corrected chi connectivity index (χ1v) is 5.54. The number of alkyl halides is 7.